The minimum atomic E-state index is -3.75. The van der Waals surface area contributed by atoms with Crippen LogP contribution in [0.1, 0.15) is 39.5 Å². The standard InChI is InChI=1S/C16H22N2O5S/c1-4-5-11(2)17-24(21,22)12-6-7-14(23-3)13(10-12)18-15(19)8-9-16(18)20/h6-7,10-11,17H,4-5,8-9H2,1-3H3/t11-/m1/s1. The van der Waals surface area contributed by atoms with Crippen molar-refractivity contribution >= 4 is 27.5 Å². The van der Waals surface area contributed by atoms with E-state index in [0.717, 1.165) is 11.3 Å². The third kappa shape index (κ3) is 3.76. The van der Waals surface area contributed by atoms with E-state index < -0.39 is 10.0 Å². The van der Waals surface area contributed by atoms with Crippen LogP contribution in [-0.4, -0.2) is 33.4 Å². The Balaban J connectivity index is 2.42. The van der Waals surface area contributed by atoms with Crippen molar-refractivity contribution in [3.8, 4) is 5.75 Å². The number of carbonyl (C=O) groups is 2. The van der Waals surface area contributed by atoms with Crippen LogP contribution in [0.5, 0.6) is 5.75 Å². The van der Waals surface area contributed by atoms with Gasteiger partial charge >= 0.3 is 0 Å². The number of anilines is 1. The van der Waals surface area contributed by atoms with E-state index in [9.17, 15) is 18.0 Å². The Labute approximate surface area is 142 Å². The largest absolute Gasteiger partial charge is 0.495 e. The molecule has 132 valence electrons. The van der Waals surface area contributed by atoms with E-state index in [1.54, 1.807) is 6.92 Å². The zero-order valence-corrected chi connectivity index (χ0v) is 14.9. The van der Waals surface area contributed by atoms with Gasteiger partial charge in [-0.3, -0.25) is 9.59 Å². The van der Waals surface area contributed by atoms with Gasteiger partial charge in [-0.25, -0.2) is 18.0 Å². The quantitative estimate of drug-likeness (QED) is 0.754. The number of carbonyl (C=O) groups excluding carboxylic acids is 2. The van der Waals surface area contributed by atoms with E-state index in [-0.39, 0.29) is 47.0 Å². The van der Waals surface area contributed by atoms with Crippen molar-refractivity contribution in [3.05, 3.63) is 18.2 Å². The molecule has 0 aromatic heterocycles. The summed E-state index contributed by atoms with van der Waals surface area (Å²) >= 11 is 0. The second-order valence-corrected chi connectivity index (χ2v) is 7.48. The number of nitrogens with zero attached hydrogens (tertiary/aromatic N) is 1. The fraction of sp³-hybridized carbons (Fsp3) is 0.500. The molecule has 1 aliphatic heterocycles. The van der Waals surface area contributed by atoms with Crippen molar-refractivity contribution in [2.45, 2.75) is 50.5 Å². The van der Waals surface area contributed by atoms with Crippen molar-refractivity contribution in [1.82, 2.24) is 4.72 Å². The molecule has 0 saturated carbocycles. The van der Waals surface area contributed by atoms with Crippen LogP contribution < -0.4 is 14.4 Å². The van der Waals surface area contributed by atoms with Gasteiger partial charge in [0.15, 0.2) is 0 Å². The van der Waals surface area contributed by atoms with Gasteiger partial charge in [0.05, 0.1) is 17.7 Å². The Morgan fingerprint density at radius 1 is 1.25 bits per heavy atom. The Kier molecular flexibility index (Phi) is 5.61. The summed E-state index contributed by atoms with van der Waals surface area (Å²) in [4.78, 5) is 24.9. The first kappa shape index (κ1) is 18.4. The number of ether oxygens (including phenoxy) is 1. The van der Waals surface area contributed by atoms with Gasteiger partial charge < -0.3 is 4.74 Å². The van der Waals surface area contributed by atoms with Crippen molar-refractivity contribution in [2.24, 2.45) is 0 Å². The van der Waals surface area contributed by atoms with Crippen molar-refractivity contribution in [2.75, 3.05) is 12.0 Å². The van der Waals surface area contributed by atoms with Gasteiger partial charge in [-0.05, 0) is 31.5 Å². The van der Waals surface area contributed by atoms with Crippen molar-refractivity contribution in [1.29, 1.82) is 0 Å². The van der Waals surface area contributed by atoms with Gasteiger partial charge in [0.1, 0.15) is 5.75 Å². The summed E-state index contributed by atoms with van der Waals surface area (Å²) < 4.78 is 32.8. The maximum Gasteiger partial charge on any atom is 0.240 e. The molecule has 0 unspecified atom stereocenters. The molecular formula is C16H22N2O5S. The average molecular weight is 354 g/mol. The lowest BCUT2D eigenvalue weighted by Gasteiger charge is -2.19. The maximum absolute atomic E-state index is 12.5. The predicted octanol–water partition coefficient (Wildman–Crippen LogP) is 1.82. The summed E-state index contributed by atoms with van der Waals surface area (Å²) in [5.41, 5.74) is 0.163. The summed E-state index contributed by atoms with van der Waals surface area (Å²) in [5.74, 6) is -0.445. The Hall–Kier alpha value is -1.93. The first-order valence-electron chi connectivity index (χ1n) is 7.86. The molecule has 1 fully saturated rings. The zero-order chi connectivity index (χ0) is 17.9. The van der Waals surface area contributed by atoms with Crippen LogP contribution in [0.25, 0.3) is 0 Å². The second-order valence-electron chi connectivity index (χ2n) is 5.77. The van der Waals surface area contributed by atoms with Gasteiger partial charge in [0.2, 0.25) is 21.8 Å². The molecule has 1 saturated heterocycles. The monoisotopic (exact) mass is 354 g/mol. The van der Waals surface area contributed by atoms with Crippen LogP contribution in [0.2, 0.25) is 0 Å². The highest BCUT2D eigenvalue weighted by Crippen LogP contribution is 2.34. The molecule has 0 radical (unpaired) electrons. The molecule has 1 atom stereocenters. The maximum atomic E-state index is 12.5. The smallest absolute Gasteiger partial charge is 0.240 e. The molecule has 1 aliphatic rings. The third-order valence-corrected chi connectivity index (χ3v) is 5.42. The van der Waals surface area contributed by atoms with Crippen LogP contribution >= 0.6 is 0 Å². The molecule has 0 bridgehead atoms. The lowest BCUT2D eigenvalue weighted by atomic mass is 10.2. The first-order valence-corrected chi connectivity index (χ1v) is 9.34. The van der Waals surface area contributed by atoms with Crippen LogP contribution in [-0.2, 0) is 19.6 Å². The van der Waals surface area contributed by atoms with E-state index in [4.69, 9.17) is 4.74 Å². The molecule has 1 N–H and O–H groups in total. The Morgan fingerprint density at radius 2 is 1.88 bits per heavy atom. The molecule has 0 aliphatic carbocycles. The topological polar surface area (TPSA) is 92.8 Å². The van der Waals surface area contributed by atoms with Gasteiger partial charge in [-0.2, -0.15) is 0 Å². The molecule has 24 heavy (non-hydrogen) atoms. The van der Waals surface area contributed by atoms with Crippen LogP contribution in [0.3, 0.4) is 0 Å². The summed E-state index contributed by atoms with van der Waals surface area (Å²) in [6.45, 7) is 3.76. The zero-order valence-electron chi connectivity index (χ0n) is 14.0. The third-order valence-electron chi connectivity index (χ3n) is 3.83. The fourth-order valence-corrected chi connectivity index (χ4v) is 3.98. The summed E-state index contributed by atoms with van der Waals surface area (Å²) in [7, 11) is -2.35. The van der Waals surface area contributed by atoms with Crippen molar-refractivity contribution in [3.63, 3.8) is 0 Å². The van der Waals surface area contributed by atoms with Crippen molar-refractivity contribution < 1.29 is 22.7 Å². The van der Waals surface area contributed by atoms with E-state index >= 15 is 0 Å². The fourth-order valence-electron chi connectivity index (χ4n) is 2.68. The Morgan fingerprint density at radius 3 is 2.42 bits per heavy atom. The average Bonchev–Trinajstić information content (AvgIpc) is 2.85. The highest BCUT2D eigenvalue weighted by molar-refractivity contribution is 7.89. The normalized spacial score (nSPS) is 16.5. The molecular weight excluding hydrogens is 332 g/mol. The summed E-state index contributed by atoms with van der Waals surface area (Å²) in [5, 5.41) is 0. The predicted molar refractivity (Wildman–Crippen MR) is 89.4 cm³/mol. The van der Waals surface area contributed by atoms with E-state index in [0.29, 0.717) is 6.42 Å². The Bertz CT molecular complexity index is 729. The lowest BCUT2D eigenvalue weighted by molar-refractivity contribution is -0.121. The number of amides is 2. The minimum absolute atomic E-state index is 0.00578. The van der Waals surface area contributed by atoms with E-state index in [2.05, 4.69) is 4.72 Å². The van der Waals surface area contributed by atoms with Crippen LogP contribution in [0.15, 0.2) is 23.1 Å². The first-order chi connectivity index (χ1) is 11.3. The van der Waals surface area contributed by atoms with E-state index in [1.807, 2.05) is 6.92 Å². The number of hydrogen-bond acceptors (Lipinski definition) is 5. The van der Waals surface area contributed by atoms with Gasteiger partial charge in [0.25, 0.3) is 0 Å². The molecule has 8 heteroatoms. The minimum Gasteiger partial charge on any atom is -0.495 e. The number of sulfonamides is 1. The molecule has 2 amide bonds. The highest BCUT2D eigenvalue weighted by atomic mass is 32.2. The molecule has 0 spiro atoms. The number of methoxy groups -OCH3 is 1. The van der Waals surface area contributed by atoms with Gasteiger partial charge in [-0.1, -0.05) is 13.3 Å². The van der Waals surface area contributed by atoms with Crippen LogP contribution in [0.4, 0.5) is 5.69 Å². The summed E-state index contributed by atoms with van der Waals surface area (Å²) in [6.07, 6.45) is 1.80. The number of nitrogens with one attached hydrogen (secondary N) is 1. The number of hydrogen-bond donors (Lipinski definition) is 1. The number of imide groups is 1. The second kappa shape index (κ2) is 7.31. The van der Waals surface area contributed by atoms with Gasteiger partial charge in [-0.15, -0.1) is 0 Å². The molecule has 1 aromatic rings. The molecule has 2 rings (SSSR count). The molecule has 7 nitrogen and oxygen atoms in total. The lowest BCUT2D eigenvalue weighted by Crippen LogP contribution is -2.33. The number of rotatable bonds is 7. The molecule has 1 heterocycles. The number of benzene rings is 1. The molecule has 1 aromatic carbocycles. The van der Waals surface area contributed by atoms with Crippen LogP contribution in [0, 0.1) is 0 Å². The SMILES string of the molecule is CCC[C@@H](C)NS(=O)(=O)c1ccc(OC)c(N2C(=O)CCC2=O)c1. The van der Waals surface area contributed by atoms with E-state index in [1.165, 1.54) is 25.3 Å². The summed E-state index contributed by atoms with van der Waals surface area (Å²) in [6, 6.07) is 3.95. The highest BCUT2D eigenvalue weighted by Gasteiger charge is 2.33. The van der Waals surface area contributed by atoms with Gasteiger partial charge in [0, 0.05) is 18.9 Å².